The second kappa shape index (κ2) is 8.02. The van der Waals surface area contributed by atoms with Crippen LogP contribution in [0.1, 0.15) is 18.4 Å². The maximum atomic E-state index is 11.9. The first kappa shape index (κ1) is 15.9. The molecule has 0 aliphatic rings. The predicted molar refractivity (Wildman–Crippen MR) is 95.5 cm³/mol. The summed E-state index contributed by atoms with van der Waals surface area (Å²) in [5, 5.41) is 2.85. The number of benzene rings is 1. The SMILES string of the molecule is O=C(CCCc1ccc(-c2ccncc2)cc1)Nc1cccnc1. The van der Waals surface area contributed by atoms with Crippen LogP contribution in [0.3, 0.4) is 0 Å². The second-order valence-electron chi connectivity index (χ2n) is 5.58. The lowest BCUT2D eigenvalue weighted by Gasteiger charge is -2.06. The molecular formula is C20H19N3O. The van der Waals surface area contributed by atoms with Crippen molar-refractivity contribution in [3.63, 3.8) is 0 Å². The van der Waals surface area contributed by atoms with Crippen molar-refractivity contribution in [1.29, 1.82) is 0 Å². The average molecular weight is 317 g/mol. The van der Waals surface area contributed by atoms with E-state index in [2.05, 4.69) is 39.6 Å². The van der Waals surface area contributed by atoms with E-state index in [-0.39, 0.29) is 5.91 Å². The largest absolute Gasteiger partial charge is 0.325 e. The van der Waals surface area contributed by atoms with Gasteiger partial charge in [-0.05, 0) is 53.8 Å². The first-order valence-electron chi connectivity index (χ1n) is 8.00. The van der Waals surface area contributed by atoms with Crippen LogP contribution in [0.25, 0.3) is 11.1 Å². The molecule has 1 N–H and O–H groups in total. The van der Waals surface area contributed by atoms with Crippen molar-refractivity contribution < 1.29 is 4.79 Å². The summed E-state index contributed by atoms with van der Waals surface area (Å²) >= 11 is 0. The summed E-state index contributed by atoms with van der Waals surface area (Å²) in [6.07, 6.45) is 9.13. The summed E-state index contributed by atoms with van der Waals surface area (Å²) in [7, 11) is 0. The Kier molecular flexibility index (Phi) is 5.30. The summed E-state index contributed by atoms with van der Waals surface area (Å²) in [6.45, 7) is 0. The minimum absolute atomic E-state index is 0.0244. The van der Waals surface area contributed by atoms with Crippen molar-refractivity contribution in [2.24, 2.45) is 0 Å². The lowest BCUT2D eigenvalue weighted by atomic mass is 10.0. The molecule has 4 heteroatoms. The fourth-order valence-electron chi connectivity index (χ4n) is 2.52. The molecule has 0 atom stereocenters. The number of hydrogen-bond acceptors (Lipinski definition) is 3. The highest BCUT2D eigenvalue weighted by Gasteiger charge is 2.03. The average Bonchev–Trinajstić information content (AvgIpc) is 2.64. The van der Waals surface area contributed by atoms with E-state index in [4.69, 9.17) is 0 Å². The standard InChI is InChI=1S/C20H19N3O/c24-20(23-19-4-2-12-22-15-19)5-1-3-16-6-8-17(9-7-16)18-10-13-21-14-11-18/h2,4,6-15H,1,3,5H2,(H,23,24). The van der Waals surface area contributed by atoms with Gasteiger partial charge in [-0.3, -0.25) is 14.8 Å². The maximum Gasteiger partial charge on any atom is 0.224 e. The van der Waals surface area contributed by atoms with Crippen LogP contribution in [0.2, 0.25) is 0 Å². The molecule has 2 heterocycles. The summed E-state index contributed by atoms with van der Waals surface area (Å²) in [4.78, 5) is 19.9. The molecule has 0 bridgehead atoms. The molecule has 4 nitrogen and oxygen atoms in total. The van der Waals surface area contributed by atoms with Gasteiger partial charge in [0.15, 0.2) is 0 Å². The number of carbonyl (C=O) groups is 1. The van der Waals surface area contributed by atoms with E-state index in [0.29, 0.717) is 6.42 Å². The van der Waals surface area contributed by atoms with E-state index in [9.17, 15) is 4.79 Å². The van der Waals surface area contributed by atoms with Crippen LogP contribution in [0.4, 0.5) is 5.69 Å². The van der Waals surface area contributed by atoms with Crippen LogP contribution in [-0.4, -0.2) is 15.9 Å². The molecule has 0 radical (unpaired) electrons. The minimum atomic E-state index is 0.0244. The monoisotopic (exact) mass is 317 g/mol. The predicted octanol–water partition coefficient (Wildman–Crippen LogP) is 4.11. The minimum Gasteiger partial charge on any atom is -0.325 e. The first-order chi connectivity index (χ1) is 11.8. The van der Waals surface area contributed by atoms with E-state index in [1.807, 2.05) is 18.2 Å². The van der Waals surface area contributed by atoms with E-state index < -0.39 is 0 Å². The van der Waals surface area contributed by atoms with Gasteiger partial charge < -0.3 is 5.32 Å². The molecule has 1 aromatic carbocycles. The van der Waals surface area contributed by atoms with Crippen LogP contribution in [0.5, 0.6) is 0 Å². The van der Waals surface area contributed by atoms with E-state index in [1.54, 1.807) is 30.9 Å². The highest BCUT2D eigenvalue weighted by molar-refractivity contribution is 5.90. The van der Waals surface area contributed by atoms with Gasteiger partial charge in [0.1, 0.15) is 0 Å². The van der Waals surface area contributed by atoms with E-state index in [0.717, 1.165) is 24.1 Å². The van der Waals surface area contributed by atoms with E-state index >= 15 is 0 Å². The fraction of sp³-hybridized carbons (Fsp3) is 0.150. The number of nitrogens with one attached hydrogen (secondary N) is 1. The molecule has 0 aliphatic heterocycles. The smallest absolute Gasteiger partial charge is 0.224 e. The van der Waals surface area contributed by atoms with Gasteiger partial charge in [0, 0.05) is 25.0 Å². The summed E-state index contributed by atoms with van der Waals surface area (Å²) < 4.78 is 0. The number of rotatable bonds is 6. The lowest BCUT2D eigenvalue weighted by Crippen LogP contribution is -2.11. The Morgan fingerprint density at radius 2 is 1.62 bits per heavy atom. The number of aryl methyl sites for hydroxylation is 1. The lowest BCUT2D eigenvalue weighted by molar-refractivity contribution is -0.116. The van der Waals surface area contributed by atoms with Crippen molar-refractivity contribution in [1.82, 2.24) is 9.97 Å². The van der Waals surface area contributed by atoms with Crippen molar-refractivity contribution in [2.45, 2.75) is 19.3 Å². The number of pyridine rings is 2. The van der Waals surface area contributed by atoms with Gasteiger partial charge in [0.05, 0.1) is 11.9 Å². The summed E-state index contributed by atoms with van der Waals surface area (Å²) in [5.41, 5.74) is 4.31. The van der Waals surface area contributed by atoms with Crippen molar-refractivity contribution in [3.8, 4) is 11.1 Å². The van der Waals surface area contributed by atoms with Gasteiger partial charge in [0.2, 0.25) is 5.91 Å². The third kappa shape index (κ3) is 4.49. The zero-order chi connectivity index (χ0) is 16.6. The zero-order valence-electron chi connectivity index (χ0n) is 13.4. The molecule has 3 rings (SSSR count). The van der Waals surface area contributed by atoms with Gasteiger partial charge in [-0.15, -0.1) is 0 Å². The molecule has 0 unspecified atom stereocenters. The molecule has 3 aromatic rings. The number of hydrogen-bond donors (Lipinski definition) is 1. The van der Waals surface area contributed by atoms with Crippen LogP contribution in [-0.2, 0) is 11.2 Å². The third-order valence-corrected chi connectivity index (χ3v) is 3.78. The molecule has 0 aliphatic carbocycles. The number of nitrogens with zero attached hydrogens (tertiary/aromatic N) is 2. The molecule has 0 saturated heterocycles. The maximum absolute atomic E-state index is 11.9. The molecule has 24 heavy (non-hydrogen) atoms. The number of aromatic nitrogens is 2. The van der Waals surface area contributed by atoms with Crippen LogP contribution < -0.4 is 5.32 Å². The van der Waals surface area contributed by atoms with E-state index in [1.165, 1.54) is 11.1 Å². The fourth-order valence-corrected chi connectivity index (χ4v) is 2.52. The quantitative estimate of drug-likeness (QED) is 0.744. The van der Waals surface area contributed by atoms with Crippen LogP contribution in [0.15, 0.2) is 73.3 Å². The van der Waals surface area contributed by atoms with Gasteiger partial charge in [-0.25, -0.2) is 0 Å². The Morgan fingerprint density at radius 1 is 0.875 bits per heavy atom. The van der Waals surface area contributed by atoms with Crippen LogP contribution >= 0.6 is 0 Å². The molecule has 0 fully saturated rings. The number of carbonyl (C=O) groups excluding carboxylic acids is 1. The summed E-state index contributed by atoms with van der Waals surface area (Å²) in [5.74, 6) is 0.0244. The Labute approximate surface area is 141 Å². The second-order valence-corrected chi connectivity index (χ2v) is 5.58. The molecule has 0 spiro atoms. The van der Waals surface area contributed by atoms with Crippen molar-refractivity contribution in [3.05, 3.63) is 78.9 Å². The topological polar surface area (TPSA) is 54.9 Å². The number of amides is 1. The Morgan fingerprint density at radius 3 is 2.33 bits per heavy atom. The third-order valence-electron chi connectivity index (χ3n) is 3.78. The van der Waals surface area contributed by atoms with Gasteiger partial charge in [-0.2, -0.15) is 0 Å². The summed E-state index contributed by atoms with van der Waals surface area (Å²) in [6, 6.07) is 16.1. The first-order valence-corrected chi connectivity index (χ1v) is 8.00. The molecule has 0 saturated carbocycles. The van der Waals surface area contributed by atoms with Gasteiger partial charge >= 0.3 is 0 Å². The molecule has 1 amide bonds. The van der Waals surface area contributed by atoms with Crippen molar-refractivity contribution in [2.75, 3.05) is 5.32 Å². The Hall–Kier alpha value is -3.01. The number of anilines is 1. The molecular weight excluding hydrogens is 298 g/mol. The highest BCUT2D eigenvalue weighted by Crippen LogP contribution is 2.19. The van der Waals surface area contributed by atoms with Crippen LogP contribution in [0, 0.1) is 0 Å². The van der Waals surface area contributed by atoms with Gasteiger partial charge in [-0.1, -0.05) is 24.3 Å². The molecule has 120 valence electrons. The molecule has 2 aromatic heterocycles. The van der Waals surface area contributed by atoms with Gasteiger partial charge in [0.25, 0.3) is 0 Å². The zero-order valence-corrected chi connectivity index (χ0v) is 13.4. The Balaban J connectivity index is 1.48. The highest BCUT2D eigenvalue weighted by atomic mass is 16.1. The Bertz CT molecular complexity index is 771. The van der Waals surface area contributed by atoms with Crippen molar-refractivity contribution >= 4 is 11.6 Å². The normalized spacial score (nSPS) is 10.3.